The predicted octanol–water partition coefficient (Wildman–Crippen LogP) is 5.92. The predicted molar refractivity (Wildman–Crippen MR) is 120 cm³/mol. The smallest absolute Gasteiger partial charge is 0.202 e. The molecule has 6 heteroatoms. The fourth-order valence-electron chi connectivity index (χ4n) is 4.19. The van der Waals surface area contributed by atoms with Crippen molar-refractivity contribution in [2.45, 2.75) is 45.1 Å². The van der Waals surface area contributed by atoms with E-state index < -0.39 is 0 Å². The Hall–Kier alpha value is -2.60. The third-order valence-electron chi connectivity index (χ3n) is 5.71. The van der Waals surface area contributed by atoms with Crippen LogP contribution in [0.25, 0.3) is 27.9 Å². The normalized spacial score (nSPS) is 15.2. The van der Waals surface area contributed by atoms with Crippen molar-refractivity contribution in [3.05, 3.63) is 63.1 Å². The maximum atomic E-state index is 13.3. The van der Waals surface area contributed by atoms with Crippen LogP contribution < -0.4 is 10.7 Å². The van der Waals surface area contributed by atoms with Crippen LogP contribution in [0.5, 0.6) is 0 Å². The fourth-order valence-corrected chi connectivity index (χ4v) is 4.53. The minimum absolute atomic E-state index is 0.0517. The number of hydrogen-bond donors (Lipinski definition) is 1. The van der Waals surface area contributed by atoms with Crippen LogP contribution in [0.3, 0.4) is 0 Å². The van der Waals surface area contributed by atoms with E-state index >= 15 is 0 Å². The quantitative estimate of drug-likeness (QED) is 0.419. The van der Waals surface area contributed by atoms with E-state index in [1.807, 2.05) is 47.9 Å². The number of nitrogens with zero attached hydrogens (tertiary/aromatic N) is 2. The number of hydrogen-bond acceptors (Lipinski definition) is 4. The van der Waals surface area contributed by atoms with Crippen molar-refractivity contribution in [2.75, 3.05) is 5.32 Å². The molecule has 4 aromatic rings. The van der Waals surface area contributed by atoms with Gasteiger partial charge in [0.15, 0.2) is 0 Å². The number of fused-ring (bicyclic) bond motifs is 2. The molecule has 1 aliphatic rings. The molecule has 1 saturated carbocycles. The monoisotopic (exact) mass is 451 g/mol. The average Bonchev–Trinajstić information content (AvgIpc) is 3.07. The van der Waals surface area contributed by atoms with Crippen molar-refractivity contribution >= 4 is 38.4 Å². The number of anilines is 1. The topological polar surface area (TPSA) is 59.5 Å². The number of rotatable bonds is 3. The lowest BCUT2D eigenvalue weighted by atomic mass is 9.95. The Bertz CT molecular complexity index is 1270. The van der Waals surface area contributed by atoms with Crippen molar-refractivity contribution in [1.29, 1.82) is 0 Å². The third-order valence-corrected chi connectivity index (χ3v) is 6.18. The third kappa shape index (κ3) is 3.35. The lowest BCUT2D eigenvalue weighted by molar-refractivity contribution is 0.461. The Morgan fingerprint density at radius 1 is 1.17 bits per heavy atom. The van der Waals surface area contributed by atoms with Crippen LogP contribution in [0.1, 0.15) is 37.7 Å². The molecule has 0 atom stereocenters. The van der Waals surface area contributed by atoms with E-state index in [1.165, 1.54) is 19.3 Å². The highest BCUT2D eigenvalue weighted by Crippen LogP contribution is 2.32. The van der Waals surface area contributed by atoms with Crippen LogP contribution in [0.15, 0.2) is 56.5 Å². The second-order valence-electron chi connectivity index (χ2n) is 7.84. The van der Waals surface area contributed by atoms with Crippen molar-refractivity contribution in [1.82, 2.24) is 9.38 Å². The maximum absolute atomic E-state index is 13.3. The molecule has 0 spiro atoms. The summed E-state index contributed by atoms with van der Waals surface area (Å²) >= 11 is 3.56. The summed E-state index contributed by atoms with van der Waals surface area (Å²) in [5.74, 6) is 0.854. The summed E-state index contributed by atoms with van der Waals surface area (Å²) in [6.07, 6.45) is 9.54. The summed E-state index contributed by atoms with van der Waals surface area (Å²) in [6.45, 7) is 1.98. The number of aromatic nitrogens is 2. The molecule has 3 aromatic heterocycles. The van der Waals surface area contributed by atoms with Gasteiger partial charge in [-0.2, -0.15) is 0 Å². The molecular formula is C23H22BrN3O2. The zero-order valence-corrected chi connectivity index (χ0v) is 17.8. The summed E-state index contributed by atoms with van der Waals surface area (Å²) in [5, 5.41) is 4.27. The van der Waals surface area contributed by atoms with E-state index in [4.69, 9.17) is 9.40 Å². The first-order valence-electron chi connectivity index (χ1n) is 10.1. The van der Waals surface area contributed by atoms with E-state index in [1.54, 1.807) is 6.26 Å². The minimum Gasteiger partial charge on any atom is -0.463 e. The van der Waals surface area contributed by atoms with Crippen molar-refractivity contribution in [3.63, 3.8) is 0 Å². The summed E-state index contributed by atoms with van der Waals surface area (Å²) < 4.78 is 8.79. The molecule has 0 bridgehead atoms. The first-order valence-corrected chi connectivity index (χ1v) is 10.9. The highest BCUT2D eigenvalue weighted by molar-refractivity contribution is 9.10. The summed E-state index contributed by atoms with van der Waals surface area (Å²) in [5.41, 5.74) is 3.50. The second kappa shape index (κ2) is 7.34. The van der Waals surface area contributed by atoms with Gasteiger partial charge in [0.25, 0.3) is 0 Å². The average molecular weight is 452 g/mol. The Labute approximate surface area is 176 Å². The Kier molecular flexibility index (Phi) is 4.66. The van der Waals surface area contributed by atoms with Crippen LogP contribution in [-0.4, -0.2) is 15.4 Å². The van der Waals surface area contributed by atoms with Gasteiger partial charge >= 0.3 is 0 Å². The largest absolute Gasteiger partial charge is 0.463 e. The molecule has 1 aromatic carbocycles. The zero-order valence-electron chi connectivity index (χ0n) is 16.2. The molecule has 0 aliphatic heterocycles. The van der Waals surface area contributed by atoms with Gasteiger partial charge in [0.05, 0.1) is 10.9 Å². The molecular weight excluding hydrogens is 430 g/mol. The van der Waals surface area contributed by atoms with Gasteiger partial charge in [-0.1, -0.05) is 30.9 Å². The van der Waals surface area contributed by atoms with Crippen molar-refractivity contribution in [3.8, 4) is 11.3 Å². The van der Waals surface area contributed by atoms with Crippen LogP contribution >= 0.6 is 15.9 Å². The zero-order chi connectivity index (χ0) is 20.0. The lowest BCUT2D eigenvalue weighted by Crippen LogP contribution is -2.23. The SMILES string of the molecule is Cc1ccc2occ(-c3nc4ccc(Br)cn4c3NC3CCCCC3)c(=O)c2c1. The van der Waals surface area contributed by atoms with Gasteiger partial charge in [0, 0.05) is 16.7 Å². The molecule has 0 unspecified atom stereocenters. The molecule has 1 aliphatic carbocycles. The number of halogens is 1. The van der Waals surface area contributed by atoms with Gasteiger partial charge in [-0.15, -0.1) is 0 Å². The van der Waals surface area contributed by atoms with Crippen molar-refractivity contribution < 1.29 is 4.42 Å². The van der Waals surface area contributed by atoms with Gasteiger partial charge in [0.1, 0.15) is 29.0 Å². The maximum Gasteiger partial charge on any atom is 0.202 e. The van der Waals surface area contributed by atoms with Gasteiger partial charge in [0.2, 0.25) is 5.43 Å². The standard InChI is InChI=1S/C23H22BrN3O2/c1-14-7-9-19-17(11-14)22(28)18(13-29-19)21-23(25-16-5-3-2-4-6-16)27-12-15(24)8-10-20(27)26-21/h7-13,16,25H,2-6H2,1H3. The number of benzene rings is 1. The Morgan fingerprint density at radius 3 is 2.83 bits per heavy atom. The molecule has 5 nitrogen and oxygen atoms in total. The molecule has 0 amide bonds. The highest BCUT2D eigenvalue weighted by atomic mass is 79.9. The number of imidazole rings is 1. The van der Waals surface area contributed by atoms with E-state index in [0.717, 1.165) is 34.3 Å². The number of pyridine rings is 1. The molecule has 148 valence electrons. The number of aryl methyl sites for hydroxylation is 1. The highest BCUT2D eigenvalue weighted by Gasteiger charge is 2.22. The number of nitrogens with one attached hydrogen (secondary N) is 1. The summed E-state index contributed by atoms with van der Waals surface area (Å²) in [6, 6.07) is 9.97. The molecule has 29 heavy (non-hydrogen) atoms. The molecule has 1 fully saturated rings. The second-order valence-corrected chi connectivity index (χ2v) is 8.76. The van der Waals surface area contributed by atoms with E-state index in [-0.39, 0.29) is 5.43 Å². The fraction of sp³-hybridized carbons (Fsp3) is 0.304. The van der Waals surface area contributed by atoms with Crippen LogP contribution in [0.4, 0.5) is 5.82 Å². The van der Waals surface area contributed by atoms with Gasteiger partial charge in [-0.05, 0) is 60.0 Å². The van der Waals surface area contributed by atoms with Crippen LogP contribution in [0, 0.1) is 6.92 Å². The lowest BCUT2D eigenvalue weighted by Gasteiger charge is -2.24. The summed E-state index contributed by atoms with van der Waals surface area (Å²) in [7, 11) is 0. The van der Waals surface area contributed by atoms with Crippen molar-refractivity contribution in [2.24, 2.45) is 0 Å². The van der Waals surface area contributed by atoms with Gasteiger partial charge in [-0.3, -0.25) is 9.20 Å². The molecule has 0 saturated heterocycles. The Morgan fingerprint density at radius 2 is 2.00 bits per heavy atom. The van der Waals surface area contributed by atoms with Gasteiger partial charge in [-0.25, -0.2) is 4.98 Å². The Balaban J connectivity index is 1.72. The van der Waals surface area contributed by atoms with E-state index in [2.05, 4.69) is 21.2 Å². The first kappa shape index (κ1) is 18.4. The minimum atomic E-state index is -0.0517. The first-order chi connectivity index (χ1) is 14.1. The molecule has 5 rings (SSSR count). The summed E-state index contributed by atoms with van der Waals surface area (Å²) in [4.78, 5) is 18.1. The molecule has 1 N–H and O–H groups in total. The van der Waals surface area contributed by atoms with Crippen LogP contribution in [-0.2, 0) is 0 Å². The van der Waals surface area contributed by atoms with E-state index in [0.29, 0.717) is 28.3 Å². The van der Waals surface area contributed by atoms with Crippen LogP contribution in [0.2, 0.25) is 0 Å². The van der Waals surface area contributed by atoms with Gasteiger partial charge < -0.3 is 9.73 Å². The van der Waals surface area contributed by atoms with E-state index in [9.17, 15) is 4.79 Å². The molecule has 3 heterocycles. The molecule has 0 radical (unpaired) electrons.